The Kier molecular flexibility index (Phi) is 3.89. The van der Waals surface area contributed by atoms with Gasteiger partial charge in [0.25, 0.3) is 5.56 Å². The van der Waals surface area contributed by atoms with Gasteiger partial charge in [-0.1, -0.05) is 30.3 Å². The molecule has 0 bridgehead atoms. The highest BCUT2D eigenvalue weighted by Gasteiger charge is 2.35. The fraction of sp³-hybridized carbons (Fsp3) is 0.0714. The van der Waals surface area contributed by atoms with E-state index in [0.29, 0.717) is 11.6 Å². The van der Waals surface area contributed by atoms with Crippen LogP contribution >= 0.6 is 0 Å². The van der Waals surface area contributed by atoms with Crippen LogP contribution in [-0.4, -0.2) is 10.9 Å². The first-order chi connectivity index (χ1) is 9.93. The first-order valence-corrected chi connectivity index (χ1v) is 5.76. The van der Waals surface area contributed by atoms with E-state index in [-0.39, 0.29) is 4.68 Å². The van der Waals surface area contributed by atoms with Gasteiger partial charge in [-0.05, 0) is 17.7 Å². The second kappa shape index (κ2) is 5.63. The van der Waals surface area contributed by atoms with Crippen LogP contribution in [0.5, 0.6) is 0 Å². The van der Waals surface area contributed by atoms with Crippen molar-refractivity contribution in [2.24, 2.45) is 5.10 Å². The zero-order valence-corrected chi connectivity index (χ0v) is 10.5. The SMILES string of the molecule is N#Cc1ccc(C(F)(F)F)n(/N=C/c2ccccc2)c1=O. The summed E-state index contributed by atoms with van der Waals surface area (Å²) in [5.74, 6) is 0. The van der Waals surface area contributed by atoms with Crippen LogP contribution in [-0.2, 0) is 6.18 Å². The summed E-state index contributed by atoms with van der Waals surface area (Å²) < 4.78 is 38.8. The van der Waals surface area contributed by atoms with Crippen LogP contribution in [0.15, 0.2) is 52.4 Å². The maximum absolute atomic E-state index is 12.9. The van der Waals surface area contributed by atoms with Crippen molar-refractivity contribution in [2.75, 3.05) is 0 Å². The van der Waals surface area contributed by atoms with Gasteiger partial charge >= 0.3 is 6.18 Å². The lowest BCUT2D eigenvalue weighted by Gasteiger charge is -2.11. The Labute approximate surface area is 117 Å². The monoisotopic (exact) mass is 291 g/mol. The molecule has 1 heterocycles. The molecule has 0 atom stereocenters. The topological polar surface area (TPSA) is 58.1 Å². The Bertz CT molecular complexity index is 771. The minimum atomic E-state index is -4.75. The molecular formula is C14H8F3N3O. The van der Waals surface area contributed by atoms with E-state index in [1.807, 2.05) is 0 Å². The quantitative estimate of drug-likeness (QED) is 0.799. The Hall–Kier alpha value is -2.88. The molecule has 0 aliphatic carbocycles. The second-order valence-corrected chi connectivity index (χ2v) is 4.01. The summed E-state index contributed by atoms with van der Waals surface area (Å²) in [5.41, 5.74) is -2.23. The molecule has 0 saturated carbocycles. The van der Waals surface area contributed by atoms with Crippen LogP contribution in [0.25, 0.3) is 0 Å². The molecule has 2 aromatic rings. The molecule has 1 aromatic heterocycles. The van der Waals surface area contributed by atoms with Gasteiger partial charge in [-0.3, -0.25) is 4.79 Å². The Morgan fingerprint density at radius 3 is 2.38 bits per heavy atom. The number of hydrogen-bond acceptors (Lipinski definition) is 3. The zero-order chi connectivity index (χ0) is 15.5. The number of nitrogens with zero attached hydrogens (tertiary/aromatic N) is 3. The van der Waals surface area contributed by atoms with Gasteiger partial charge in [-0.2, -0.15) is 28.2 Å². The molecule has 0 saturated heterocycles. The van der Waals surface area contributed by atoms with E-state index in [0.717, 1.165) is 12.3 Å². The highest BCUT2D eigenvalue weighted by molar-refractivity contribution is 5.79. The number of benzene rings is 1. The Morgan fingerprint density at radius 2 is 1.81 bits per heavy atom. The van der Waals surface area contributed by atoms with Gasteiger partial charge < -0.3 is 0 Å². The molecular weight excluding hydrogens is 283 g/mol. The van der Waals surface area contributed by atoms with Gasteiger partial charge in [0.2, 0.25) is 0 Å². The van der Waals surface area contributed by atoms with Gasteiger partial charge in [0, 0.05) is 0 Å². The number of pyridine rings is 1. The molecule has 106 valence electrons. The average Bonchev–Trinajstić information content (AvgIpc) is 2.45. The second-order valence-electron chi connectivity index (χ2n) is 4.01. The van der Waals surface area contributed by atoms with E-state index >= 15 is 0 Å². The third-order valence-electron chi connectivity index (χ3n) is 2.59. The van der Waals surface area contributed by atoms with Gasteiger partial charge in [-0.25, -0.2) is 0 Å². The third-order valence-corrected chi connectivity index (χ3v) is 2.59. The van der Waals surface area contributed by atoms with Gasteiger partial charge in [0.05, 0.1) is 6.21 Å². The van der Waals surface area contributed by atoms with Crippen molar-refractivity contribution < 1.29 is 13.2 Å². The summed E-state index contributed by atoms with van der Waals surface area (Å²) in [7, 11) is 0. The van der Waals surface area contributed by atoms with Crippen molar-refractivity contribution in [3.8, 4) is 6.07 Å². The lowest BCUT2D eigenvalue weighted by molar-refractivity contribution is -0.143. The molecule has 0 N–H and O–H groups in total. The van der Waals surface area contributed by atoms with E-state index in [1.54, 1.807) is 30.3 Å². The minimum Gasteiger partial charge on any atom is -0.266 e. The predicted octanol–water partition coefficient (Wildman–Crippen LogP) is 2.62. The molecule has 0 amide bonds. The Balaban J connectivity index is 2.58. The van der Waals surface area contributed by atoms with Gasteiger partial charge in [0.1, 0.15) is 17.3 Å². The summed E-state index contributed by atoms with van der Waals surface area (Å²) in [6.45, 7) is 0. The number of rotatable bonds is 2. The van der Waals surface area contributed by atoms with Gasteiger partial charge in [-0.15, -0.1) is 0 Å². The molecule has 0 fully saturated rings. The van der Waals surface area contributed by atoms with Crippen LogP contribution in [0, 0.1) is 11.3 Å². The molecule has 0 radical (unpaired) electrons. The van der Waals surface area contributed by atoms with Crippen molar-refractivity contribution >= 4 is 6.21 Å². The highest BCUT2D eigenvalue weighted by Crippen LogP contribution is 2.28. The van der Waals surface area contributed by atoms with Crippen LogP contribution in [0.1, 0.15) is 16.8 Å². The molecule has 0 aliphatic heterocycles. The normalized spacial score (nSPS) is 11.5. The van der Waals surface area contributed by atoms with Crippen LogP contribution in [0.4, 0.5) is 13.2 Å². The maximum atomic E-state index is 12.9. The summed E-state index contributed by atoms with van der Waals surface area (Å²) in [6, 6.07) is 11.4. The van der Waals surface area contributed by atoms with E-state index in [1.165, 1.54) is 6.07 Å². The van der Waals surface area contributed by atoms with Crippen molar-refractivity contribution in [2.45, 2.75) is 6.18 Å². The van der Waals surface area contributed by atoms with Crippen LogP contribution < -0.4 is 5.56 Å². The predicted molar refractivity (Wildman–Crippen MR) is 69.9 cm³/mol. The van der Waals surface area contributed by atoms with E-state index < -0.39 is 23.0 Å². The molecule has 0 spiro atoms. The van der Waals surface area contributed by atoms with E-state index in [9.17, 15) is 18.0 Å². The largest absolute Gasteiger partial charge is 0.433 e. The fourth-order valence-corrected chi connectivity index (χ4v) is 1.61. The summed E-state index contributed by atoms with van der Waals surface area (Å²) in [4.78, 5) is 11.8. The van der Waals surface area contributed by atoms with Crippen molar-refractivity contribution in [1.29, 1.82) is 5.26 Å². The van der Waals surface area contributed by atoms with Gasteiger partial charge in [0.15, 0.2) is 0 Å². The lowest BCUT2D eigenvalue weighted by atomic mass is 10.2. The molecule has 0 aliphatic rings. The number of hydrogen-bond donors (Lipinski definition) is 0. The molecule has 2 rings (SSSR count). The number of alkyl halides is 3. The van der Waals surface area contributed by atoms with E-state index in [4.69, 9.17) is 5.26 Å². The van der Waals surface area contributed by atoms with E-state index in [2.05, 4.69) is 5.10 Å². The maximum Gasteiger partial charge on any atom is 0.433 e. The van der Waals surface area contributed by atoms with Crippen LogP contribution in [0.2, 0.25) is 0 Å². The van der Waals surface area contributed by atoms with Crippen molar-refractivity contribution in [3.05, 3.63) is 69.6 Å². The standard InChI is InChI=1S/C14H8F3N3O/c15-14(16,17)12-7-6-11(8-18)13(21)20(12)19-9-10-4-2-1-3-5-10/h1-7,9H/b19-9+. The number of nitriles is 1. The average molecular weight is 291 g/mol. The summed E-state index contributed by atoms with van der Waals surface area (Å²) in [5, 5.41) is 12.3. The molecule has 7 heteroatoms. The number of aromatic nitrogens is 1. The Morgan fingerprint density at radius 1 is 1.14 bits per heavy atom. The highest BCUT2D eigenvalue weighted by atomic mass is 19.4. The first-order valence-electron chi connectivity index (χ1n) is 5.76. The third kappa shape index (κ3) is 3.17. The summed E-state index contributed by atoms with van der Waals surface area (Å²) >= 11 is 0. The number of halogens is 3. The zero-order valence-electron chi connectivity index (χ0n) is 10.5. The fourth-order valence-electron chi connectivity index (χ4n) is 1.61. The summed E-state index contributed by atoms with van der Waals surface area (Å²) in [6.07, 6.45) is -3.63. The molecule has 21 heavy (non-hydrogen) atoms. The first kappa shape index (κ1) is 14.5. The van der Waals surface area contributed by atoms with Crippen molar-refractivity contribution in [3.63, 3.8) is 0 Å². The molecule has 1 aromatic carbocycles. The minimum absolute atomic E-state index is 0.186. The molecule has 4 nitrogen and oxygen atoms in total. The lowest BCUT2D eigenvalue weighted by Crippen LogP contribution is -2.27. The van der Waals surface area contributed by atoms with Crippen molar-refractivity contribution in [1.82, 2.24) is 4.68 Å². The molecule has 0 unspecified atom stereocenters. The van der Waals surface area contributed by atoms with Crippen LogP contribution in [0.3, 0.4) is 0 Å². The smallest absolute Gasteiger partial charge is 0.266 e.